The van der Waals surface area contributed by atoms with Gasteiger partial charge in [0.25, 0.3) is 0 Å². The Labute approximate surface area is 126 Å². The van der Waals surface area contributed by atoms with Gasteiger partial charge in [-0.05, 0) is 30.5 Å². The summed E-state index contributed by atoms with van der Waals surface area (Å²) in [6.07, 6.45) is 2.18. The summed E-state index contributed by atoms with van der Waals surface area (Å²) in [7, 11) is 1.60. The molecule has 1 rings (SSSR count). The van der Waals surface area contributed by atoms with Crippen molar-refractivity contribution < 1.29 is 4.74 Å². The third kappa shape index (κ3) is 4.27. The van der Waals surface area contributed by atoms with E-state index in [2.05, 4.69) is 26.1 Å². The molecule has 0 fully saturated rings. The summed E-state index contributed by atoms with van der Waals surface area (Å²) >= 11 is 12.6. The highest BCUT2D eigenvalue weighted by atomic mass is 35.5. The molecule has 0 saturated heterocycles. The quantitative estimate of drug-likeness (QED) is 0.757. The smallest absolute Gasteiger partial charge is 0.138 e. The Morgan fingerprint density at radius 2 is 1.89 bits per heavy atom. The first-order chi connectivity index (χ1) is 9.04. The first-order valence-corrected chi connectivity index (χ1v) is 7.57. The summed E-state index contributed by atoms with van der Waals surface area (Å²) in [5, 5.41) is 4.87. The third-order valence-corrected chi connectivity index (χ3v) is 4.06. The number of ether oxygens (including phenoxy) is 1. The zero-order valence-electron chi connectivity index (χ0n) is 12.1. The molecule has 0 aliphatic rings. The SMILES string of the molecule is CCCNC(c1cc(Cl)c(OC)cc1Cl)C(C)CC. The van der Waals surface area contributed by atoms with E-state index >= 15 is 0 Å². The van der Waals surface area contributed by atoms with Gasteiger partial charge in [-0.1, -0.05) is 50.4 Å². The van der Waals surface area contributed by atoms with Gasteiger partial charge in [-0.15, -0.1) is 0 Å². The second-order valence-electron chi connectivity index (χ2n) is 4.83. The predicted molar refractivity (Wildman–Crippen MR) is 83.5 cm³/mol. The Bertz CT molecular complexity index is 409. The lowest BCUT2D eigenvalue weighted by molar-refractivity contribution is 0.376. The molecule has 1 aromatic carbocycles. The molecule has 0 amide bonds. The van der Waals surface area contributed by atoms with Gasteiger partial charge in [0.15, 0.2) is 0 Å². The number of rotatable bonds is 7. The van der Waals surface area contributed by atoms with Crippen LogP contribution in [0.4, 0.5) is 0 Å². The maximum Gasteiger partial charge on any atom is 0.138 e. The Morgan fingerprint density at radius 1 is 1.21 bits per heavy atom. The number of halogens is 2. The lowest BCUT2D eigenvalue weighted by Crippen LogP contribution is -2.27. The molecule has 108 valence electrons. The van der Waals surface area contributed by atoms with Gasteiger partial charge < -0.3 is 10.1 Å². The molecule has 0 spiro atoms. The van der Waals surface area contributed by atoms with Crippen molar-refractivity contribution in [2.75, 3.05) is 13.7 Å². The summed E-state index contributed by atoms with van der Waals surface area (Å²) in [5.41, 5.74) is 1.05. The maximum absolute atomic E-state index is 6.38. The van der Waals surface area contributed by atoms with E-state index < -0.39 is 0 Å². The molecule has 0 aliphatic carbocycles. The Morgan fingerprint density at radius 3 is 2.42 bits per heavy atom. The maximum atomic E-state index is 6.38. The van der Waals surface area contributed by atoms with Crippen LogP contribution in [0.15, 0.2) is 12.1 Å². The molecule has 0 radical (unpaired) electrons. The van der Waals surface area contributed by atoms with Crippen LogP contribution in [0.5, 0.6) is 5.75 Å². The average Bonchev–Trinajstić information content (AvgIpc) is 2.41. The second kappa shape index (κ2) is 7.98. The average molecular weight is 304 g/mol. The van der Waals surface area contributed by atoms with E-state index in [0.717, 1.165) is 24.9 Å². The van der Waals surface area contributed by atoms with Crippen LogP contribution in [0.2, 0.25) is 10.0 Å². The van der Waals surface area contributed by atoms with Crippen molar-refractivity contribution in [2.45, 2.75) is 39.7 Å². The summed E-state index contributed by atoms with van der Waals surface area (Å²) in [6.45, 7) is 7.53. The van der Waals surface area contributed by atoms with Crippen molar-refractivity contribution in [2.24, 2.45) is 5.92 Å². The van der Waals surface area contributed by atoms with Crippen LogP contribution in [0.1, 0.15) is 45.2 Å². The van der Waals surface area contributed by atoms with Gasteiger partial charge in [-0.2, -0.15) is 0 Å². The van der Waals surface area contributed by atoms with Crippen molar-refractivity contribution in [1.29, 1.82) is 0 Å². The van der Waals surface area contributed by atoms with Crippen molar-refractivity contribution >= 4 is 23.2 Å². The van der Waals surface area contributed by atoms with Crippen LogP contribution in [0.25, 0.3) is 0 Å². The molecular weight excluding hydrogens is 281 g/mol. The van der Waals surface area contributed by atoms with Crippen LogP contribution in [-0.4, -0.2) is 13.7 Å². The van der Waals surface area contributed by atoms with Gasteiger partial charge >= 0.3 is 0 Å². The summed E-state index contributed by atoms with van der Waals surface area (Å²) in [4.78, 5) is 0. The fraction of sp³-hybridized carbons (Fsp3) is 0.600. The van der Waals surface area contributed by atoms with Gasteiger partial charge in [-0.3, -0.25) is 0 Å². The van der Waals surface area contributed by atoms with Crippen LogP contribution < -0.4 is 10.1 Å². The highest BCUT2D eigenvalue weighted by Gasteiger charge is 2.21. The first-order valence-electron chi connectivity index (χ1n) is 6.81. The van der Waals surface area contributed by atoms with E-state index in [1.165, 1.54) is 0 Å². The number of nitrogens with one attached hydrogen (secondary N) is 1. The number of hydrogen-bond acceptors (Lipinski definition) is 2. The zero-order valence-corrected chi connectivity index (χ0v) is 13.6. The summed E-state index contributed by atoms with van der Waals surface area (Å²) in [6, 6.07) is 3.94. The summed E-state index contributed by atoms with van der Waals surface area (Å²) in [5.74, 6) is 1.11. The fourth-order valence-corrected chi connectivity index (χ4v) is 2.61. The highest BCUT2D eigenvalue weighted by Crippen LogP contribution is 2.36. The molecule has 1 aromatic rings. The van der Waals surface area contributed by atoms with Gasteiger partial charge in [-0.25, -0.2) is 0 Å². The molecule has 1 N–H and O–H groups in total. The van der Waals surface area contributed by atoms with E-state index in [4.69, 9.17) is 27.9 Å². The molecular formula is C15H23Cl2NO. The van der Waals surface area contributed by atoms with Crippen LogP contribution in [0, 0.1) is 5.92 Å². The minimum absolute atomic E-state index is 0.223. The van der Waals surface area contributed by atoms with Crippen LogP contribution in [0.3, 0.4) is 0 Å². The standard InChI is InChI=1S/C15H23Cl2NO/c1-5-7-18-15(10(3)6-2)11-8-13(17)14(19-4)9-12(11)16/h8-10,15,18H,5-7H2,1-4H3. The molecule has 0 aromatic heterocycles. The number of hydrogen-bond donors (Lipinski definition) is 1. The van der Waals surface area contributed by atoms with E-state index in [9.17, 15) is 0 Å². The van der Waals surface area contributed by atoms with Crippen molar-refractivity contribution in [1.82, 2.24) is 5.32 Å². The lowest BCUT2D eigenvalue weighted by atomic mass is 9.92. The molecule has 2 unspecified atom stereocenters. The van der Waals surface area contributed by atoms with Crippen LogP contribution >= 0.6 is 23.2 Å². The zero-order chi connectivity index (χ0) is 14.4. The van der Waals surface area contributed by atoms with Gasteiger partial charge in [0, 0.05) is 17.1 Å². The van der Waals surface area contributed by atoms with Crippen LogP contribution in [-0.2, 0) is 0 Å². The van der Waals surface area contributed by atoms with E-state index in [1.807, 2.05) is 6.07 Å². The van der Waals surface area contributed by atoms with Crippen molar-refractivity contribution in [3.8, 4) is 5.75 Å². The summed E-state index contributed by atoms with van der Waals surface area (Å²) < 4.78 is 5.19. The van der Waals surface area contributed by atoms with E-state index in [-0.39, 0.29) is 6.04 Å². The minimum Gasteiger partial charge on any atom is -0.495 e. The Hall–Kier alpha value is -0.440. The highest BCUT2D eigenvalue weighted by molar-refractivity contribution is 6.34. The topological polar surface area (TPSA) is 21.3 Å². The largest absolute Gasteiger partial charge is 0.495 e. The lowest BCUT2D eigenvalue weighted by Gasteiger charge is -2.26. The van der Waals surface area contributed by atoms with Crippen molar-refractivity contribution in [3.05, 3.63) is 27.7 Å². The molecule has 0 bridgehead atoms. The predicted octanol–water partition coefficient (Wildman–Crippen LogP) is 5.09. The number of methoxy groups -OCH3 is 1. The molecule has 2 atom stereocenters. The fourth-order valence-electron chi connectivity index (χ4n) is 2.09. The molecule has 0 aliphatic heterocycles. The molecule has 0 heterocycles. The van der Waals surface area contributed by atoms with E-state index in [1.54, 1.807) is 13.2 Å². The molecule has 19 heavy (non-hydrogen) atoms. The van der Waals surface area contributed by atoms with Gasteiger partial charge in [0.05, 0.1) is 12.1 Å². The normalized spacial score (nSPS) is 14.2. The van der Waals surface area contributed by atoms with Gasteiger partial charge in [0.2, 0.25) is 0 Å². The number of benzene rings is 1. The third-order valence-electron chi connectivity index (χ3n) is 3.43. The molecule has 0 saturated carbocycles. The minimum atomic E-state index is 0.223. The van der Waals surface area contributed by atoms with E-state index in [0.29, 0.717) is 21.7 Å². The van der Waals surface area contributed by atoms with Crippen molar-refractivity contribution in [3.63, 3.8) is 0 Å². The Balaban J connectivity index is 3.10. The first kappa shape index (κ1) is 16.6. The monoisotopic (exact) mass is 303 g/mol. The Kier molecular flexibility index (Phi) is 6.98. The molecule has 2 nitrogen and oxygen atoms in total. The van der Waals surface area contributed by atoms with Gasteiger partial charge in [0.1, 0.15) is 5.75 Å². The second-order valence-corrected chi connectivity index (χ2v) is 5.64. The molecule has 4 heteroatoms.